The van der Waals surface area contributed by atoms with Crippen molar-refractivity contribution in [3.63, 3.8) is 0 Å². The predicted octanol–water partition coefficient (Wildman–Crippen LogP) is 3.58. The highest BCUT2D eigenvalue weighted by atomic mass is 32.9. The molecule has 2 nitrogen and oxygen atoms in total. The zero-order valence-electron chi connectivity index (χ0n) is 9.85. The largest absolute Gasteiger partial charge is 0.341 e. The molecule has 1 unspecified atom stereocenters. The van der Waals surface area contributed by atoms with Crippen molar-refractivity contribution >= 4 is 28.0 Å². The molecule has 1 atom stereocenters. The first-order valence-corrected chi connectivity index (χ1v) is 10.8. The van der Waals surface area contributed by atoms with Crippen LogP contribution in [0.3, 0.4) is 0 Å². The first kappa shape index (κ1) is 16.1. The molecule has 0 aliphatic heterocycles. The molecule has 0 aliphatic rings. The van der Waals surface area contributed by atoms with E-state index in [2.05, 4.69) is 26.1 Å². The molecule has 0 fully saturated rings. The van der Waals surface area contributed by atoms with Crippen LogP contribution in [0.25, 0.3) is 0 Å². The molecule has 0 saturated carbocycles. The van der Waals surface area contributed by atoms with Gasteiger partial charge in [-0.1, -0.05) is 51.8 Å². The van der Waals surface area contributed by atoms with Gasteiger partial charge in [0.15, 0.2) is 5.69 Å². The quantitative estimate of drug-likeness (QED) is 0.359. The maximum atomic E-state index is 9.60. The van der Waals surface area contributed by atoms with Crippen molar-refractivity contribution in [2.24, 2.45) is 0 Å². The lowest BCUT2D eigenvalue weighted by atomic mass is 10.2. The maximum absolute atomic E-state index is 9.60. The Balaban J connectivity index is 4.05. The maximum Gasteiger partial charge on any atom is 0.198 e. The van der Waals surface area contributed by atoms with E-state index in [9.17, 15) is 9.79 Å². The van der Waals surface area contributed by atoms with Crippen molar-refractivity contribution in [2.45, 2.75) is 52.4 Å². The Labute approximate surface area is 102 Å². The number of hydrogen-bond donors (Lipinski definition) is 3. The zero-order chi connectivity index (χ0) is 11.7. The van der Waals surface area contributed by atoms with Crippen LogP contribution in [0, 0.1) is 0 Å². The number of hydrogen-bond acceptors (Lipinski definition) is 0. The van der Waals surface area contributed by atoms with Gasteiger partial charge in [-0.05, 0) is 24.3 Å². The van der Waals surface area contributed by atoms with E-state index >= 15 is 0 Å². The molecule has 0 bridgehead atoms. The standard InChI is InChI=1S/C10H25O2PS2/c1-3-5-7-8-10-15(9-6-4-2)13(11,12)14/h11-12,14H,3-10H2,1-2H3. The molecule has 0 radical (unpaired) electrons. The fourth-order valence-electron chi connectivity index (χ4n) is 1.35. The van der Waals surface area contributed by atoms with Gasteiger partial charge >= 0.3 is 0 Å². The van der Waals surface area contributed by atoms with Gasteiger partial charge in [0.25, 0.3) is 0 Å². The van der Waals surface area contributed by atoms with Crippen LogP contribution in [0.5, 0.6) is 0 Å². The minimum absolute atomic E-state index is 0.259. The van der Waals surface area contributed by atoms with Crippen molar-refractivity contribution < 1.29 is 9.79 Å². The van der Waals surface area contributed by atoms with Crippen molar-refractivity contribution in [1.82, 2.24) is 0 Å². The molecule has 0 heterocycles. The summed E-state index contributed by atoms with van der Waals surface area (Å²) in [5.74, 6) is 1.89. The van der Waals surface area contributed by atoms with Crippen LogP contribution in [0.1, 0.15) is 52.4 Å². The fourth-order valence-corrected chi connectivity index (χ4v) is 6.92. The third kappa shape index (κ3) is 8.82. The molecular weight excluding hydrogens is 247 g/mol. The molecule has 0 spiro atoms. The summed E-state index contributed by atoms with van der Waals surface area (Å²) in [5.41, 5.74) is -2.88. The van der Waals surface area contributed by atoms with Crippen LogP contribution >= 0.6 is 17.9 Å². The highest BCUT2D eigenvalue weighted by Gasteiger charge is 2.10. The molecule has 0 amide bonds. The van der Waals surface area contributed by atoms with E-state index in [-0.39, 0.29) is 10.1 Å². The molecule has 0 saturated heterocycles. The monoisotopic (exact) mass is 272 g/mol. The highest BCUT2D eigenvalue weighted by molar-refractivity contribution is 8.65. The second-order valence-corrected chi connectivity index (χ2v) is 12.1. The van der Waals surface area contributed by atoms with Gasteiger partial charge < -0.3 is 9.79 Å². The van der Waals surface area contributed by atoms with Crippen molar-refractivity contribution in [2.75, 3.05) is 11.5 Å². The second-order valence-electron chi connectivity index (χ2n) is 3.80. The Morgan fingerprint density at radius 3 is 1.93 bits per heavy atom. The van der Waals surface area contributed by atoms with E-state index in [1.54, 1.807) is 0 Å². The highest BCUT2D eigenvalue weighted by Crippen LogP contribution is 2.47. The summed E-state index contributed by atoms with van der Waals surface area (Å²) in [4.78, 5) is 19.2. The van der Waals surface area contributed by atoms with Gasteiger partial charge in [0.2, 0.25) is 0 Å². The molecule has 94 valence electrons. The summed E-state index contributed by atoms with van der Waals surface area (Å²) < 4.78 is 0. The van der Waals surface area contributed by atoms with Gasteiger partial charge in [-0.3, -0.25) is 0 Å². The third-order valence-electron chi connectivity index (χ3n) is 2.31. The van der Waals surface area contributed by atoms with Gasteiger partial charge in [-0.2, -0.15) is 0 Å². The van der Waals surface area contributed by atoms with Gasteiger partial charge in [0.1, 0.15) is 0 Å². The van der Waals surface area contributed by atoms with Crippen molar-refractivity contribution in [3.8, 4) is 0 Å². The topological polar surface area (TPSA) is 40.5 Å². The van der Waals surface area contributed by atoms with Gasteiger partial charge in [-0.15, -0.1) is 10.1 Å². The van der Waals surface area contributed by atoms with Crippen LogP contribution in [0.4, 0.5) is 0 Å². The fraction of sp³-hybridized carbons (Fsp3) is 1.00. The summed E-state index contributed by atoms with van der Waals surface area (Å²) in [6.07, 6.45) is 7.00. The van der Waals surface area contributed by atoms with Crippen LogP contribution < -0.4 is 0 Å². The van der Waals surface area contributed by atoms with E-state index in [1.807, 2.05) is 0 Å². The Morgan fingerprint density at radius 1 is 0.933 bits per heavy atom. The summed E-state index contributed by atoms with van der Waals surface area (Å²) in [7, 11) is -0.259. The van der Waals surface area contributed by atoms with Crippen LogP contribution in [0.15, 0.2) is 0 Å². The minimum Gasteiger partial charge on any atom is -0.341 e. The van der Waals surface area contributed by atoms with E-state index in [4.69, 9.17) is 0 Å². The summed E-state index contributed by atoms with van der Waals surface area (Å²) in [6, 6.07) is 0. The number of rotatable bonds is 8. The Kier molecular flexibility index (Phi) is 9.76. The van der Waals surface area contributed by atoms with Gasteiger partial charge in [0, 0.05) is 0 Å². The predicted molar refractivity (Wildman–Crippen MR) is 76.5 cm³/mol. The molecule has 0 aromatic heterocycles. The van der Waals surface area contributed by atoms with Crippen molar-refractivity contribution in [1.29, 1.82) is 0 Å². The molecular formula is C10H25O2PS2. The normalized spacial score (nSPS) is 14.2. The number of unbranched alkanes of at least 4 members (excludes halogenated alkanes) is 4. The van der Waals surface area contributed by atoms with E-state index in [1.165, 1.54) is 19.3 Å². The molecule has 0 aromatic rings. The third-order valence-corrected chi connectivity index (χ3v) is 9.78. The summed E-state index contributed by atoms with van der Waals surface area (Å²) >= 11 is 3.98. The number of thiol groups is 1. The molecule has 0 aromatic carbocycles. The lowest BCUT2D eigenvalue weighted by Crippen LogP contribution is -2.04. The lowest BCUT2D eigenvalue weighted by molar-refractivity contribution is 0.502. The van der Waals surface area contributed by atoms with Crippen LogP contribution in [-0.4, -0.2) is 21.3 Å². The van der Waals surface area contributed by atoms with Gasteiger partial charge in [0.05, 0.1) is 0 Å². The first-order valence-electron chi connectivity index (χ1n) is 5.77. The van der Waals surface area contributed by atoms with E-state index in [0.717, 1.165) is 30.8 Å². The molecule has 15 heavy (non-hydrogen) atoms. The Hall–Kier alpha value is 1.05. The van der Waals surface area contributed by atoms with Crippen molar-refractivity contribution in [3.05, 3.63) is 0 Å². The lowest BCUT2D eigenvalue weighted by Gasteiger charge is -2.15. The second kappa shape index (κ2) is 9.12. The molecule has 0 rings (SSSR count). The van der Waals surface area contributed by atoms with Crippen LogP contribution in [0.2, 0.25) is 0 Å². The van der Waals surface area contributed by atoms with Gasteiger partial charge in [-0.25, -0.2) is 0 Å². The minimum atomic E-state index is -2.88. The van der Waals surface area contributed by atoms with Crippen LogP contribution in [-0.2, 0) is 10.1 Å². The molecule has 0 aliphatic carbocycles. The zero-order valence-corrected chi connectivity index (χ0v) is 12.5. The smallest absolute Gasteiger partial charge is 0.198 e. The molecule has 5 heteroatoms. The summed E-state index contributed by atoms with van der Waals surface area (Å²) in [5, 5.41) is 0. The first-order chi connectivity index (χ1) is 7.02. The van der Waals surface area contributed by atoms with E-state index in [0.29, 0.717) is 0 Å². The summed E-state index contributed by atoms with van der Waals surface area (Å²) in [6.45, 7) is 4.32. The molecule has 2 N–H and O–H groups in total. The SMILES string of the molecule is CCCCCCS(CCCC)=P(O)(O)S. The average Bonchev–Trinajstić information content (AvgIpc) is 2.15. The Morgan fingerprint density at radius 2 is 1.47 bits per heavy atom. The Bertz CT molecular complexity index is 205. The van der Waals surface area contributed by atoms with E-state index < -0.39 is 5.69 Å². The average molecular weight is 272 g/mol.